The number of nitrogens with zero attached hydrogens (tertiary/aromatic N) is 1. The van der Waals surface area contributed by atoms with Crippen molar-refractivity contribution in [1.29, 1.82) is 0 Å². The Morgan fingerprint density at radius 1 is 1.00 bits per heavy atom. The number of benzene rings is 3. The summed E-state index contributed by atoms with van der Waals surface area (Å²) in [7, 11) is 1.42. The van der Waals surface area contributed by atoms with Crippen LogP contribution in [-0.2, 0) is 24.0 Å². The topological polar surface area (TPSA) is 55.0 Å². The SMILES string of the molecule is COC(=O)c1ccccc1Cc1c(C)c(C)cc2[nH]c(CCc3ccccc3)nc12. The second kappa shape index (κ2) is 8.54. The van der Waals surface area contributed by atoms with Crippen molar-refractivity contribution in [2.45, 2.75) is 33.1 Å². The molecule has 1 aromatic heterocycles. The minimum Gasteiger partial charge on any atom is -0.465 e. The number of aryl methyl sites for hydroxylation is 3. The van der Waals surface area contributed by atoms with Crippen LogP contribution in [0.2, 0.25) is 0 Å². The van der Waals surface area contributed by atoms with E-state index in [1.165, 1.54) is 23.8 Å². The Morgan fingerprint density at radius 3 is 2.50 bits per heavy atom. The minimum absolute atomic E-state index is 0.308. The normalized spacial score (nSPS) is 11.0. The highest BCUT2D eigenvalue weighted by atomic mass is 16.5. The van der Waals surface area contributed by atoms with Crippen molar-refractivity contribution in [2.75, 3.05) is 7.11 Å². The molecule has 0 amide bonds. The standard InChI is InChI=1S/C26H26N2O2/c1-17-15-23-25(28-24(27-23)14-13-19-9-5-4-6-10-19)22(18(17)2)16-20-11-7-8-12-21(20)26(29)30-3/h4-12,15H,13-14,16H2,1-3H3,(H,27,28). The summed E-state index contributed by atoms with van der Waals surface area (Å²) in [5.74, 6) is 0.680. The third kappa shape index (κ3) is 3.99. The van der Waals surface area contributed by atoms with Gasteiger partial charge in [-0.05, 0) is 60.2 Å². The first kappa shape index (κ1) is 19.9. The van der Waals surface area contributed by atoms with Gasteiger partial charge < -0.3 is 9.72 Å². The zero-order chi connectivity index (χ0) is 21.1. The number of hydrogen-bond acceptors (Lipinski definition) is 3. The van der Waals surface area contributed by atoms with E-state index in [1.54, 1.807) is 0 Å². The Hall–Kier alpha value is -3.40. The van der Waals surface area contributed by atoms with Crippen LogP contribution in [0.4, 0.5) is 0 Å². The molecule has 3 aromatic carbocycles. The highest BCUT2D eigenvalue weighted by Gasteiger charge is 2.17. The van der Waals surface area contributed by atoms with Gasteiger partial charge in [0.1, 0.15) is 5.82 Å². The van der Waals surface area contributed by atoms with Gasteiger partial charge in [-0.1, -0.05) is 48.5 Å². The molecule has 0 aliphatic heterocycles. The van der Waals surface area contributed by atoms with E-state index in [0.29, 0.717) is 12.0 Å². The maximum atomic E-state index is 12.2. The van der Waals surface area contributed by atoms with Crippen LogP contribution in [0, 0.1) is 13.8 Å². The first-order valence-electron chi connectivity index (χ1n) is 10.2. The van der Waals surface area contributed by atoms with Gasteiger partial charge in [-0.2, -0.15) is 0 Å². The molecule has 152 valence electrons. The van der Waals surface area contributed by atoms with E-state index in [9.17, 15) is 4.79 Å². The Balaban J connectivity index is 1.70. The molecule has 0 fully saturated rings. The van der Waals surface area contributed by atoms with E-state index in [-0.39, 0.29) is 5.97 Å². The minimum atomic E-state index is -0.308. The Morgan fingerprint density at radius 2 is 1.73 bits per heavy atom. The predicted octanol–water partition coefficient (Wildman–Crippen LogP) is 5.34. The predicted molar refractivity (Wildman–Crippen MR) is 120 cm³/mol. The molecule has 1 N–H and O–H groups in total. The molecule has 4 heteroatoms. The lowest BCUT2D eigenvalue weighted by Crippen LogP contribution is -2.07. The van der Waals surface area contributed by atoms with Crippen LogP contribution in [0.15, 0.2) is 60.7 Å². The summed E-state index contributed by atoms with van der Waals surface area (Å²) in [6, 6.07) is 20.3. The molecule has 0 bridgehead atoms. The number of methoxy groups -OCH3 is 1. The van der Waals surface area contributed by atoms with Gasteiger partial charge in [-0.25, -0.2) is 9.78 Å². The molecule has 0 spiro atoms. The molecule has 0 saturated heterocycles. The van der Waals surface area contributed by atoms with Gasteiger partial charge in [-0.3, -0.25) is 0 Å². The largest absolute Gasteiger partial charge is 0.465 e. The van der Waals surface area contributed by atoms with Gasteiger partial charge >= 0.3 is 5.97 Å². The van der Waals surface area contributed by atoms with Crippen LogP contribution in [0.1, 0.15) is 44.0 Å². The molecule has 0 aliphatic carbocycles. The fraction of sp³-hybridized carbons (Fsp3) is 0.231. The molecular weight excluding hydrogens is 372 g/mol. The van der Waals surface area contributed by atoms with Crippen molar-refractivity contribution < 1.29 is 9.53 Å². The lowest BCUT2D eigenvalue weighted by atomic mass is 9.93. The summed E-state index contributed by atoms with van der Waals surface area (Å²) in [6.45, 7) is 4.25. The van der Waals surface area contributed by atoms with Crippen molar-refractivity contribution in [3.05, 3.63) is 99.9 Å². The molecule has 4 aromatic rings. The molecule has 0 radical (unpaired) electrons. The fourth-order valence-electron chi connectivity index (χ4n) is 3.93. The first-order valence-corrected chi connectivity index (χ1v) is 10.2. The molecule has 4 rings (SSSR count). The van der Waals surface area contributed by atoms with Crippen molar-refractivity contribution >= 4 is 17.0 Å². The Kier molecular flexibility index (Phi) is 5.66. The van der Waals surface area contributed by atoms with E-state index in [2.05, 4.69) is 49.2 Å². The number of carbonyl (C=O) groups is 1. The molecule has 4 nitrogen and oxygen atoms in total. The van der Waals surface area contributed by atoms with Crippen LogP contribution >= 0.6 is 0 Å². The van der Waals surface area contributed by atoms with Gasteiger partial charge in [0.25, 0.3) is 0 Å². The van der Waals surface area contributed by atoms with Crippen LogP contribution in [0.25, 0.3) is 11.0 Å². The maximum Gasteiger partial charge on any atom is 0.338 e. The van der Waals surface area contributed by atoms with Crippen LogP contribution in [-0.4, -0.2) is 23.0 Å². The quantitative estimate of drug-likeness (QED) is 0.446. The molecule has 0 unspecified atom stereocenters. The van der Waals surface area contributed by atoms with E-state index in [0.717, 1.165) is 40.8 Å². The number of fused-ring (bicyclic) bond motifs is 1. The second-order valence-corrected chi connectivity index (χ2v) is 7.69. The number of H-pyrrole nitrogens is 1. The van der Waals surface area contributed by atoms with Gasteiger partial charge in [0.15, 0.2) is 0 Å². The molecule has 1 heterocycles. The zero-order valence-electron chi connectivity index (χ0n) is 17.7. The smallest absolute Gasteiger partial charge is 0.338 e. The fourth-order valence-corrected chi connectivity index (χ4v) is 3.93. The molecule has 30 heavy (non-hydrogen) atoms. The number of carbonyl (C=O) groups excluding carboxylic acids is 1. The number of ether oxygens (including phenoxy) is 1. The van der Waals surface area contributed by atoms with Gasteiger partial charge in [0.2, 0.25) is 0 Å². The number of esters is 1. The monoisotopic (exact) mass is 398 g/mol. The van der Waals surface area contributed by atoms with E-state index >= 15 is 0 Å². The van der Waals surface area contributed by atoms with Crippen LogP contribution in [0.5, 0.6) is 0 Å². The molecule has 0 saturated carbocycles. The average Bonchev–Trinajstić information content (AvgIpc) is 3.18. The zero-order valence-corrected chi connectivity index (χ0v) is 17.7. The average molecular weight is 399 g/mol. The number of hydrogen-bond donors (Lipinski definition) is 1. The van der Waals surface area contributed by atoms with Crippen molar-refractivity contribution in [3.63, 3.8) is 0 Å². The first-order chi connectivity index (χ1) is 14.6. The highest BCUT2D eigenvalue weighted by Crippen LogP contribution is 2.28. The Labute approximate surface area is 176 Å². The molecule has 0 aliphatic rings. The molecular formula is C26H26N2O2. The third-order valence-corrected chi connectivity index (χ3v) is 5.75. The lowest BCUT2D eigenvalue weighted by molar-refractivity contribution is 0.0599. The van der Waals surface area contributed by atoms with Crippen LogP contribution < -0.4 is 0 Å². The van der Waals surface area contributed by atoms with Gasteiger partial charge in [0, 0.05) is 12.8 Å². The number of aromatic nitrogens is 2. The maximum absolute atomic E-state index is 12.2. The summed E-state index contributed by atoms with van der Waals surface area (Å²) in [5, 5.41) is 0. The Bertz CT molecular complexity index is 1190. The summed E-state index contributed by atoms with van der Waals surface area (Å²) in [5.41, 5.74) is 8.48. The number of imidazole rings is 1. The van der Waals surface area contributed by atoms with Crippen molar-refractivity contribution in [1.82, 2.24) is 9.97 Å². The number of nitrogens with one attached hydrogen (secondary N) is 1. The van der Waals surface area contributed by atoms with Crippen LogP contribution in [0.3, 0.4) is 0 Å². The van der Waals surface area contributed by atoms with Gasteiger partial charge in [0.05, 0.1) is 23.7 Å². The van der Waals surface area contributed by atoms with E-state index < -0.39 is 0 Å². The van der Waals surface area contributed by atoms with Crippen molar-refractivity contribution in [2.24, 2.45) is 0 Å². The summed E-state index contributed by atoms with van der Waals surface area (Å²) < 4.78 is 4.97. The summed E-state index contributed by atoms with van der Waals surface area (Å²) >= 11 is 0. The molecule has 0 atom stereocenters. The van der Waals surface area contributed by atoms with E-state index in [1.807, 2.05) is 30.3 Å². The van der Waals surface area contributed by atoms with Crippen molar-refractivity contribution in [3.8, 4) is 0 Å². The van der Waals surface area contributed by atoms with Gasteiger partial charge in [-0.15, -0.1) is 0 Å². The number of aromatic amines is 1. The third-order valence-electron chi connectivity index (χ3n) is 5.75. The summed E-state index contributed by atoms with van der Waals surface area (Å²) in [4.78, 5) is 20.7. The van der Waals surface area contributed by atoms with E-state index in [4.69, 9.17) is 9.72 Å². The summed E-state index contributed by atoms with van der Waals surface area (Å²) in [6.07, 6.45) is 2.44. The lowest BCUT2D eigenvalue weighted by Gasteiger charge is -2.12. The number of rotatable bonds is 6. The second-order valence-electron chi connectivity index (χ2n) is 7.69. The highest BCUT2D eigenvalue weighted by molar-refractivity contribution is 5.91.